The quantitative estimate of drug-likeness (QED) is 0.417. The van der Waals surface area contributed by atoms with Gasteiger partial charge in [-0.3, -0.25) is 9.69 Å². The predicted molar refractivity (Wildman–Crippen MR) is 150 cm³/mol. The minimum Gasteiger partial charge on any atom is -0.463 e. The van der Waals surface area contributed by atoms with Gasteiger partial charge in [0.05, 0.1) is 18.1 Å². The third-order valence-corrected chi connectivity index (χ3v) is 8.46. The number of carbonyl (C=O) groups is 1. The van der Waals surface area contributed by atoms with Crippen molar-refractivity contribution in [2.75, 3.05) is 38.7 Å². The number of nitrogens with zero attached hydrogens (tertiary/aromatic N) is 4. The number of hydrogen-bond donors (Lipinski definition) is 0. The maximum absolute atomic E-state index is 13.4. The van der Waals surface area contributed by atoms with E-state index in [4.69, 9.17) is 26.1 Å². The fourth-order valence-electron chi connectivity index (χ4n) is 4.92. The fraction of sp³-hybridized carbons (Fsp3) is 0.321. The summed E-state index contributed by atoms with van der Waals surface area (Å²) >= 11 is 7.13. The first-order chi connectivity index (χ1) is 18.6. The normalized spacial score (nSPS) is 19.1. The molecule has 38 heavy (non-hydrogen) atoms. The summed E-state index contributed by atoms with van der Waals surface area (Å²) in [4.78, 5) is 18.1. The van der Waals surface area contributed by atoms with Crippen LogP contribution in [0.5, 0.6) is 11.5 Å². The first kappa shape index (κ1) is 25.0. The molecule has 0 N–H and O–H groups in total. The minimum absolute atomic E-state index is 0.0933. The predicted octanol–water partition coefficient (Wildman–Crippen LogP) is 4.52. The Kier molecular flexibility index (Phi) is 7.35. The third-order valence-electron chi connectivity index (χ3n) is 6.95. The Hall–Kier alpha value is -3.34. The van der Waals surface area contributed by atoms with Crippen molar-refractivity contribution in [1.29, 1.82) is 0 Å². The molecule has 1 fully saturated rings. The van der Waals surface area contributed by atoms with E-state index in [1.165, 1.54) is 17.3 Å². The Balaban J connectivity index is 1.08. The number of hydrazone groups is 1. The lowest BCUT2D eigenvalue weighted by molar-refractivity contribution is -0.130. The Morgan fingerprint density at radius 2 is 1.82 bits per heavy atom. The lowest BCUT2D eigenvalue weighted by Crippen LogP contribution is -2.47. The molecule has 3 aromatic rings. The number of furan rings is 1. The van der Waals surface area contributed by atoms with Crippen molar-refractivity contribution >= 4 is 39.9 Å². The van der Waals surface area contributed by atoms with Crippen LogP contribution < -0.4 is 9.47 Å². The molecule has 2 aromatic carbocycles. The standard InChI is InChI=1S/C28H28N4O4S2/c33-27(18-38-28(37)31-12-10-30(11-13-31)17-20-5-2-1-3-6-20)32-23(16-22(29-32)24-7-4-14-34-24)21-8-9-25-26(15-21)36-19-35-25/h1-9,14-15,23H,10-13,16-19H2. The number of ether oxygens (including phenoxy) is 2. The molecule has 8 nitrogen and oxygen atoms in total. The van der Waals surface area contributed by atoms with E-state index in [-0.39, 0.29) is 24.5 Å². The molecule has 1 amide bonds. The molecule has 0 aliphatic carbocycles. The van der Waals surface area contributed by atoms with Crippen LogP contribution in [0, 0.1) is 0 Å². The van der Waals surface area contributed by atoms with E-state index in [1.807, 2.05) is 36.4 Å². The molecular formula is C28H28N4O4S2. The largest absolute Gasteiger partial charge is 0.463 e. The maximum atomic E-state index is 13.4. The van der Waals surface area contributed by atoms with Crippen LogP contribution in [0.25, 0.3) is 0 Å². The molecular weight excluding hydrogens is 520 g/mol. The summed E-state index contributed by atoms with van der Waals surface area (Å²) in [6, 6.07) is 19.7. The van der Waals surface area contributed by atoms with Crippen LogP contribution in [0.4, 0.5) is 0 Å². The van der Waals surface area contributed by atoms with Crippen molar-refractivity contribution < 1.29 is 18.7 Å². The molecule has 1 saturated heterocycles. The van der Waals surface area contributed by atoms with Gasteiger partial charge >= 0.3 is 0 Å². The van der Waals surface area contributed by atoms with Crippen LogP contribution in [-0.2, 0) is 11.3 Å². The van der Waals surface area contributed by atoms with Crippen LogP contribution in [0.1, 0.15) is 29.3 Å². The molecule has 1 unspecified atom stereocenters. The van der Waals surface area contributed by atoms with Crippen molar-refractivity contribution in [2.45, 2.75) is 19.0 Å². The summed E-state index contributed by atoms with van der Waals surface area (Å²) in [6.45, 7) is 4.75. The van der Waals surface area contributed by atoms with Crippen molar-refractivity contribution in [3.05, 3.63) is 83.8 Å². The number of thioether (sulfide) groups is 1. The van der Waals surface area contributed by atoms with Crippen LogP contribution >= 0.6 is 24.0 Å². The molecule has 3 aliphatic rings. The molecule has 1 atom stereocenters. The summed E-state index contributed by atoms with van der Waals surface area (Å²) in [5.74, 6) is 2.19. The van der Waals surface area contributed by atoms with Crippen molar-refractivity contribution in [3.8, 4) is 11.5 Å². The van der Waals surface area contributed by atoms with Gasteiger partial charge in [0.2, 0.25) is 6.79 Å². The first-order valence-corrected chi connectivity index (χ1v) is 14.0. The van der Waals surface area contributed by atoms with E-state index in [0.29, 0.717) is 23.7 Å². The zero-order chi connectivity index (χ0) is 25.9. The summed E-state index contributed by atoms with van der Waals surface area (Å²) in [6.07, 6.45) is 2.17. The Morgan fingerprint density at radius 3 is 2.61 bits per heavy atom. The fourth-order valence-corrected chi connectivity index (χ4v) is 6.03. The van der Waals surface area contributed by atoms with Gasteiger partial charge in [-0.1, -0.05) is 60.4 Å². The summed E-state index contributed by atoms with van der Waals surface area (Å²) in [5, 5.41) is 6.25. The molecule has 4 heterocycles. The first-order valence-electron chi connectivity index (χ1n) is 12.6. The third kappa shape index (κ3) is 5.43. The second-order valence-electron chi connectivity index (χ2n) is 9.40. The van der Waals surface area contributed by atoms with E-state index in [0.717, 1.165) is 48.3 Å². The average molecular weight is 549 g/mol. The zero-order valence-corrected chi connectivity index (χ0v) is 22.5. The van der Waals surface area contributed by atoms with Gasteiger partial charge < -0.3 is 18.8 Å². The number of amides is 1. The Bertz CT molecular complexity index is 1320. The van der Waals surface area contributed by atoms with E-state index >= 15 is 0 Å². The van der Waals surface area contributed by atoms with Gasteiger partial charge in [-0.2, -0.15) is 5.10 Å². The number of thiocarbonyl (C=S) groups is 1. The second-order valence-corrected chi connectivity index (χ2v) is 11.0. The number of fused-ring (bicyclic) bond motifs is 1. The number of carbonyl (C=O) groups excluding carboxylic acids is 1. The molecule has 3 aliphatic heterocycles. The van der Waals surface area contributed by atoms with Gasteiger partial charge in [-0.25, -0.2) is 5.01 Å². The van der Waals surface area contributed by atoms with Crippen molar-refractivity contribution in [2.24, 2.45) is 5.10 Å². The number of piperazine rings is 1. The summed E-state index contributed by atoms with van der Waals surface area (Å²) in [7, 11) is 0. The van der Waals surface area contributed by atoms with Gasteiger partial charge in [0.15, 0.2) is 11.5 Å². The molecule has 1 aromatic heterocycles. The van der Waals surface area contributed by atoms with Crippen LogP contribution in [-0.4, -0.2) is 69.5 Å². The molecule has 0 bridgehead atoms. The number of rotatable bonds is 6. The zero-order valence-electron chi connectivity index (χ0n) is 20.8. The Morgan fingerprint density at radius 1 is 1.00 bits per heavy atom. The second kappa shape index (κ2) is 11.2. The van der Waals surface area contributed by atoms with Gasteiger partial charge in [-0.05, 0) is 35.4 Å². The van der Waals surface area contributed by atoms with E-state index < -0.39 is 0 Å². The van der Waals surface area contributed by atoms with Crippen LogP contribution in [0.2, 0.25) is 0 Å². The summed E-state index contributed by atoms with van der Waals surface area (Å²) < 4.78 is 17.4. The highest BCUT2D eigenvalue weighted by atomic mass is 32.2. The highest BCUT2D eigenvalue weighted by molar-refractivity contribution is 8.23. The average Bonchev–Trinajstić information content (AvgIpc) is 3.73. The molecule has 0 saturated carbocycles. The number of benzene rings is 2. The monoisotopic (exact) mass is 548 g/mol. The molecule has 10 heteroatoms. The Labute approximate surface area is 231 Å². The SMILES string of the molecule is O=C(CSC(=S)N1CCN(Cc2ccccc2)CC1)N1N=C(c2ccco2)CC1c1ccc2c(c1)OCO2. The highest BCUT2D eigenvalue weighted by Crippen LogP contribution is 2.39. The van der Waals surface area contributed by atoms with Crippen LogP contribution in [0.15, 0.2) is 76.4 Å². The molecule has 0 radical (unpaired) electrons. The summed E-state index contributed by atoms with van der Waals surface area (Å²) in [5.41, 5.74) is 3.00. The van der Waals surface area contributed by atoms with E-state index in [2.05, 4.69) is 39.2 Å². The van der Waals surface area contributed by atoms with Gasteiger partial charge in [-0.15, -0.1) is 0 Å². The highest BCUT2D eigenvalue weighted by Gasteiger charge is 2.35. The molecule has 6 rings (SSSR count). The maximum Gasteiger partial charge on any atom is 0.253 e. The lowest BCUT2D eigenvalue weighted by atomic mass is 10.0. The van der Waals surface area contributed by atoms with Crippen LogP contribution in [0.3, 0.4) is 0 Å². The smallest absolute Gasteiger partial charge is 0.253 e. The van der Waals surface area contributed by atoms with E-state index in [9.17, 15) is 4.79 Å². The molecule has 0 spiro atoms. The van der Waals surface area contributed by atoms with Crippen molar-refractivity contribution in [3.63, 3.8) is 0 Å². The topological polar surface area (TPSA) is 70.8 Å². The number of hydrogen-bond acceptors (Lipinski definition) is 8. The molecule has 196 valence electrons. The van der Waals surface area contributed by atoms with E-state index in [1.54, 1.807) is 11.3 Å². The minimum atomic E-state index is -0.257. The van der Waals surface area contributed by atoms with Crippen molar-refractivity contribution in [1.82, 2.24) is 14.8 Å². The van der Waals surface area contributed by atoms with Gasteiger partial charge in [0, 0.05) is 39.1 Å². The lowest BCUT2D eigenvalue weighted by Gasteiger charge is -2.36. The van der Waals surface area contributed by atoms with Gasteiger partial charge in [0.1, 0.15) is 15.8 Å². The van der Waals surface area contributed by atoms with Gasteiger partial charge in [0.25, 0.3) is 5.91 Å².